The predicted molar refractivity (Wildman–Crippen MR) is 129 cm³/mol. The van der Waals surface area contributed by atoms with Crippen LogP contribution in [-0.2, 0) is 0 Å². The molecule has 1 aromatic heterocycles. The monoisotopic (exact) mass is 431 g/mol. The van der Waals surface area contributed by atoms with Gasteiger partial charge in [-0.1, -0.05) is 32.0 Å². The Balaban J connectivity index is 1.45. The van der Waals surface area contributed by atoms with Crippen molar-refractivity contribution in [3.05, 3.63) is 60.2 Å². The lowest BCUT2D eigenvalue weighted by molar-refractivity contribution is 0.271. The molecule has 0 atom stereocenters. The number of para-hydroxylation sites is 1. The molecule has 166 valence electrons. The Morgan fingerprint density at radius 1 is 0.969 bits per heavy atom. The molecule has 32 heavy (non-hydrogen) atoms. The highest BCUT2D eigenvalue weighted by Crippen LogP contribution is 2.21. The molecule has 8 heteroatoms. The fraction of sp³-hybridized carbons (Fsp3) is 0.333. The number of hydrogen-bond acceptors (Lipinski definition) is 8. The van der Waals surface area contributed by atoms with Crippen molar-refractivity contribution in [1.29, 1.82) is 0 Å². The quantitative estimate of drug-likeness (QED) is 0.375. The molecule has 3 aromatic rings. The minimum Gasteiger partial charge on any atom is -0.493 e. The zero-order valence-corrected chi connectivity index (χ0v) is 18.5. The highest BCUT2D eigenvalue weighted by atomic mass is 16.5. The summed E-state index contributed by atoms with van der Waals surface area (Å²) in [6.07, 6.45) is 4.02. The largest absolute Gasteiger partial charge is 0.493 e. The number of aromatic nitrogens is 3. The number of ether oxygens (including phenoxy) is 1. The van der Waals surface area contributed by atoms with E-state index in [0.717, 1.165) is 42.9 Å². The van der Waals surface area contributed by atoms with E-state index in [4.69, 9.17) is 4.74 Å². The van der Waals surface area contributed by atoms with Gasteiger partial charge in [-0.05, 0) is 60.7 Å². The van der Waals surface area contributed by atoms with E-state index in [2.05, 4.69) is 49.5 Å². The van der Waals surface area contributed by atoms with Crippen molar-refractivity contribution >= 4 is 29.7 Å². The van der Waals surface area contributed by atoms with E-state index in [1.165, 1.54) is 0 Å². The Labute approximate surface area is 188 Å². The standard InChI is InChI=1S/C24H29N7O/c1-18(2)17-32-21-12-10-19(11-13-21)16-25-30-23-27-22(26-20-8-4-3-5-9-20)28-24(29-23)31-14-6-7-15-31/h3-5,8-13,16,18H,6-7,14-15,17H2,1-2H3,(H2,26,27,28,29,30)/b25-16-. The zero-order valence-electron chi connectivity index (χ0n) is 18.5. The van der Waals surface area contributed by atoms with Crippen LogP contribution in [0.3, 0.4) is 0 Å². The van der Waals surface area contributed by atoms with E-state index in [1.54, 1.807) is 6.21 Å². The lowest BCUT2D eigenvalue weighted by Crippen LogP contribution is -2.21. The maximum atomic E-state index is 5.72. The molecule has 0 aliphatic carbocycles. The molecule has 1 aliphatic heterocycles. The van der Waals surface area contributed by atoms with Crippen LogP contribution in [0.2, 0.25) is 0 Å². The van der Waals surface area contributed by atoms with Gasteiger partial charge in [0.25, 0.3) is 0 Å². The third kappa shape index (κ3) is 6.16. The number of benzene rings is 2. The van der Waals surface area contributed by atoms with Crippen LogP contribution in [0.1, 0.15) is 32.3 Å². The van der Waals surface area contributed by atoms with Gasteiger partial charge in [-0.3, -0.25) is 0 Å². The molecule has 2 aromatic carbocycles. The maximum absolute atomic E-state index is 5.72. The van der Waals surface area contributed by atoms with Gasteiger partial charge in [0, 0.05) is 18.8 Å². The van der Waals surface area contributed by atoms with Crippen molar-refractivity contribution in [2.45, 2.75) is 26.7 Å². The first-order valence-corrected chi connectivity index (χ1v) is 11.0. The van der Waals surface area contributed by atoms with Gasteiger partial charge >= 0.3 is 0 Å². The first-order chi connectivity index (χ1) is 15.7. The van der Waals surface area contributed by atoms with Crippen LogP contribution in [0.25, 0.3) is 0 Å². The van der Waals surface area contributed by atoms with Crippen molar-refractivity contribution in [2.24, 2.45) is 11.0 Å². The van der Waals surface area contributed by atoms with Gasteiger partial charge in [-0.2, -0.15) is 20.1 Å². The van der Waals surface area contributed by atoms with Crippen LogP contribution in [-0.4, -0.2) is 40.9 Å². The van der Waals surface area contributed by atoms with Crippen molar-refractivity contribution in [1.82, 2.24) is 15.0 Å². The topological polar surface area (TPSA) is 87.6 Å². The van der Waals surface area contributed by atoms with Crippen molar-refractivity contribution in [2.75, 3.05) is 35.3 Å². The maximum Gasteiger partial charge on any atom is 0.250 e. The van der Waals surface area contributed by atoms with Gasteiger partial charge in [0.2, 0.25) is 17.8 Å². The van der Waals surface area contributed by atoms with Gasteiger partial charge in [0.1, 0.15) is 5.75 Å². The number of hydrogen-bond donors (Lipinski definition) is 2. The summed E-state index contributed by atoms with van der Waals surface area (Å²) in [5.74, 6) is 2.88. The molecule has 0 unspecified atom stereocenters. The number of anilines is 4. The van der Waals surface area contributed by atoms with E-state index in [1.807, 2.05) is 54.6 Å². The van der Waals surface area contributed by atoms with Crippen LogP contribution in [0.15, 0.2) is 59.7 Å². The lowest BCUT2D eigenvalue weighted by atomic mass is 10.2. The summed E-state index contributed by atoms with van der Waals surface area (Å²) in [5.41, 5.74) is 4.81. The Kier molecular flexibility index (Phi) is 7.12. The highest BCUT2D eigenvalue weighted by molar-refractivity contribution is 5.80. The molecular formula is C24H29N7O. The number of nitrogens with zero attached hydrogens (tertiary/aromatic N) is 5. The zero-order chi connectivity index (χ0) is 22.2. The van der Waals surface area contributed by atoms with E-state index >= 15 is 0 Å². The Bertz CT molecular complexity index is 1020. The Hall–Kier alpha value is -3.68. The van der Waals surface area contributed by atoms with Crippen molar-refractivity contribution in [3.8, 4) is 5.75 Å². The molecule has 0 amide bonds. The fourth-order valence-corrected chi connectivity index (χ4v) is 3.26. The van der Waals surface area contributed by atoms with E-state index in [-0.39, 0.29) is 0 Å². The van der Waals surface area contributed by atoms with Gasteiger partial charge in [0.15, 0.2) is 0 Å². The average molecular weight is 432 g/mol. The third-order valence-electron chi connectivity index (χ3n) is 4.88. The van der Waals surface area contributed by atoms with Gasteiger partial charge in [-0.25, -0.2) is 5.43 Å². The minimum atomic E-state index is 0.397. The third-order valence-corrected chi connectivity index (χ3v) is 4.88. The van der Waals surface area contributed by atoms with Crippen LogP contribution in [0, 0.1) is 5.92 Å². The molecule has 0 spiro atoms. The highest BCUT2D eigenvalue weighted by Gasteiger charge is 2.17. The SMILES string of the molecule is CC(C)COc1ccc(/C=N\Nc2nc(Nc3ccccc3)nc(N3CCCC3)n2)cc1. The van der Waals surface area contributed by atoms with E-state index in [9.17, 15) is 0 Å². The van der Waals surface area contributed by atoms with Gasteiger partial charge < -0.3 is 15.0 Å². The smallest absolute Gasteiger partial charge is 0.250 e. The molecule has 0 radical (unpaired) electrons. The molecule has 2 N–H and O–H groups in total. The molecule has 1 aliphatic rings. The summed E-state index contributed by atoms with van der Waals surface area (Å²) in [6.45, 7) is 6.85. The summed E-state index contributed by atoms with van der Waals surface area (Å²) in [7, 11) is 0. The molecule has 1 fully saturated rings. The Morgan fingerprint density at radius 2 is 1.69 bits per heavy atom. The summed E-state index contributed by atoms with van der Waals surface area (Å²) < 4.78 is 5.72. The molecule has 0 bridgehead atoms. The van der Waals surface area contributed by atoms with Crippen molar-refractivity contribution < 1.29 is 4.74 Å². The van der Waals surface area contributed by atoms with Gasteiger partial charge in [-0.15, -0.1) is 0 Å². The summed E-state index contributed by atoms with van der Waals surface area (Å²) in [5, 5.41) is 7.56. The Morgan fingerprint density at radius 3 is 2.41 bits per heavy atom. The fourth-order valence-electron chi connectivity index (χ4n) is 3.26. The predicted octanol–water partition coefficient (Wildman–Crippen LogP) is 4.70. The molecule has 0 saturated carbocycles. The normalized spacial score (nSPS) is 13.7. The molecule has 1 saturated heterocycles. The van der Waals surface area contributed by atoms with Crippen LogP contribution < -0.4 is 20.4 Å². The molecule has 4 rings (SSSR count). The average Bonchev–Trinajstić information content (AvgIpc) is 3.34. The van der Waals surface area contributed by atoms with E-state index in [0.29, 0.717) is 30.4 Å². The first-order valence-electron chi connectivity index (χ1n) is 11.0. The van der Waals surface area contributed by atoms with Crippen LogP contribution >= 0.6 is 0 Å². The second-order valence-electron chi connectivity index (χ2n) is 8.11. The van der Waals surface area contributed by atoms with Gasteiger partial charge in [0.05, 0.1) is 12.8 Å². The van der Waals surface area contributed by atoms with E-state index < -0.39 is 0 Å². The minimum absolute atomic E-state index is 0.397. The number of hydrazone groups is 1. The second-order valence-corrected chi connectivity index (χ2v) is 8.11. The first kappa shape index (κ1) is 21.5. The van der Waals surface area contributed by atoms with Crippen LogP contribution in [0.5, 0.6) is 5.75 Å². The summed E-state index contributed by atoms with van der Waals surface area (Å²) in [4.78, 5) is 15.8. The molecular weight excluding hydrogens is 402 g/mol. The molecule has 8 nitrogen and oxygen atoms in total. The van der Waals surface area contributed by atoms with Crippen molar-refractivity contribution in [3.63, 3.8) is 0 Å². The summed E-state index contributed by atoms with van der Waals surface area (Å²) >= 11 is 0. The summed E-state index contributed by atoms with van der Waals surface area (Å²) in [6, 6.07) is 17.7. The van der Waals surface area contributed by atoms with Crippen LogP contribution in [0.4, 0.5) is 23.5 Å². The second kappa shape index (κ2) is 10.6. The lowest BCUT2D eigenvalue weighted by Gasteiger charge is -2.16. The number of nitrogens with one attached hydrogen (secondary N) is 2. The molecule has 2 heterocycles. The number of rotatable bonds is 9.